The van der Waals surface area contributed by atoms with Crippen LogP contribution in [0.2, 0.25) is 0 Å². The Hall–Kier alpha value is -1.26. The third kappa shape index (κ3) is 1.42. The molecule has 2 heterocycles. The number of hydrogen-bond acceptors (Lipinski definition) is 4. The van der Waals surface area contributed by atoms with Crippen molar-refractivity contribution >= 4 is 11.9 Å². The van der Waals surface area contributed by atoms with Crippen molar-refractivity contribution in [3.63, 3.8) is 0 Å². The van der Waals surface area contributed by atoms with Gasteiger partial charge >= 0.3 is 0 Å². The molecule has 2 N–H and O–H groups in total. The summed E-state index contributed by atoms with van der Waals surface area (Å²) in [6, 6.07) is 0.473. The number of nitrogens with one attached hydrogen (secondary N) is 2. The molecular formula is C9H17N5. The number of nitrogens with zero attached hydrogens (tertiary/aromatic N) is 3. The standard InChI is InChI=1S/C9H17N5/c1-6(2)7-4-5-11-9-12-8(10-3)13-14(7)9/h6-7H,4-5H2,1-3H3,(H2,10,11,12,13). The zero-order chi connectivity index (χ0) is 10.1. The SMILES string of the molecule is CNc1nc2n(n1)C(C(C)C)CCN2. The maximum atomic E-state index is 4.40. The Balaban J connectivity index is 2.33. The molecule has 0 bridgehead atoms. The van der Waals surface area contributed by atoms with Crippen LogP contribution < -0.4 is 10.6 Å². The summed E-state index contributed by atoms with van der Waals surface area (Å²) in [6.45, 7) is 5.44. The van der Waals surface area contributed by atoms with Crippen molar-refractivity contribution in [2.45, 2.75) is 26.3 Å². The molecule has 1 aromatic rings. The van der Waals surface area contributed by atoms with E-state index in [2.05, 4.69) is 34.6 Å². The highest BCUT2D eigenvalue weighted by Crippen LogP contribution is 2.28. The minimum Gasteiger partial charge on any atom is -0.356 e. The predicted octanol–water partition coefficient (Wildman–Crippen LogP) is 1.33. The molecule has 1 aliphatic heterocycles. The molecule has 0 spiro atoms. The van der Waals surface area contributed by atoms with E-state index in [-0.39, 0.29) is 0 Å². The van der Waals surface area contributed by atoms with Crippen molar-refractivity contribution in [1.29, 1.82) is 0 Å². The van der Waals surface area contributed by atoms with Crippen LogP contribution in [-0.4, -0.2) is 28.4 Å². The lowest BCUT2D eigenvalue weighted by atomic mass is 10.0. The van der Waals surface area contributed by atoms with Crippen molar-refractivity contribution in [1.82, 2.24) is 14.8 Å². The molecule has 0 fully saturated rings. The summed E-state index contributed by atoms with van der Waals surface area (Å²) >= 11 is 0. The predicted molar refractivity (Wildman–Crippen MR) is 56.6 cm³/mol. The summed E-state index contributed by atoms with van der Waals surface area (Å²) in [7, 11) is 1.84. The Labute approximate surface area is 83.9 Å². The zero-order valence-electron chi connectivity index (χ0n) is 8.91. The van der Waals surface area contributed by atoms with E-state index in [1.807, 2.05) is 11.7 Å². The van der Waals surface area contributed by atoms with Gasteiger partial charge < -0.3 is 10.6 Å². The van der Waals surface area contributed by atoms with E-state index in [9.17, 15) is 0 Å². The lowest BCUT2D eigenvalue weighted by molar-refractivity contribution is 0.322. The highest BCUT2D eigenvalue weighted by Gasteiger charge is 2.24. The normalized spacial score (nSPS) is 20.4. The second kappa shape index (κ2) is 3.48. The minimum absolute atomic E-state index is 0.473. The van der Waals surface area contributed by atoms with Crippen LogP contribution in [0.5, 0.6) is 0 Å². The molecule has 0 aliphatic carbocycles. The van der Waals surface area contributed by atoms with Crippen LogP contribution >= 0.6 is 0 Å². The Morgan fingerprint density at radius 3 is 3.00 bits per heavy atom. The molecule has 5 nitrogen and oxygen atoms in total. The van der Waals surface area contributed by atoms with Gasteiger partial charge in [0.05, 0.1) is 6.04 Å². The van der Waals surface area contributed by atoms with Gasteiger partial charge in [0.2, 0.25) is 11.9 Å². The first kappa shape index (κ1) is 9.30. The van der Waals surface area contributed by atoms with Crippen LogP contribution in [0.3, 0.4) is 0 Å². The fourth-order valence-corrected chi connectivity index (χ4v) is 1.85. The number of anilines is 2. The number of hydrogen-bond donors (Lipinski definition) is 2. The van der Waals surface area contributed by atoms with Gasteiger partial charge in [-0.1, -0.05) is 13.8 Å². The van der Waals surface area contributed by atoms with Gasteiger partial charge in [-0.3, -0.25) is 0 Å². The molecule has 1 aromatic heterocycles. The van der Waals surface area contributed by atoms with Crippen molar-refractivity contribution in [2.24, 2.45) is 5.92 Å². The zero-order valence-corrected chi connectivity index (χ0v) is 8.91. The molecule has 5 heteroatoms. The van der Waals surface area contributed by atoms with E-state index in [1.165, 1.54) is 0 Å². The summed E-state index contributed by atoms with van der Waals surface area (Å²) in [5, 5.41) is 10.6. The van der Waals surface area contributed by atoms with Crippen molar-refractivity contribution in [3.05, 3.63) is 0 Å². The molecule has 0 aromatic carbocycles. The summed E-state index contributed by atoms with van der Waals surface area (Å²) in [6.07, 6.45) is 1.12. The molecule has 2 rings (SSSR count). The molecule has 1 atom stereocenters. The molecule has 1 aliphatic rings. The van der Waals surface area contributed by atoms with Crippen LogP contribution in [0.25, 0.3) is 0 Å². The minimum atomic E-state index is 0.473. The molecular weight excluding hydrogens is 178 g/mol. The van der Waals surface area contributed by atoms with Gasteiger partial charge in [0, 0.05) is 13.6 Å². The van der Waals surface area contributed by atoms with E-state index < -0.39 is 0 Å². The van der Waals surface area contributed by atoms with Crippen molar-refractivity contribution in [2.75, 3.05) is 24.2 Å². The lowest BCUT2D eigenvalue weighted by Gasteiger charge is -2.26. The molecule has 0 saturated heterocycles. The molecule has 0 saturated carbocycles. The van der Waals surface area contributed by atoms with Gasteiger partial charge in [0.1, 0.15) is 0 Å². The van der Waals surface area contributed by atoms with E-state index in [0.29, 0.717) is 17.9 Å². The number of rotatable bonds is 2. The van der Waals surface area contributed by atoms with Crippen LogP contribution in [0.1, 0.15) is 26.3 Å². The first-order chi connectivity index (χ1) is 6.72. The fraction of sp³-hybridized carbons (Fsp3) is 0.778. The fourth-order valence-electron chi connectivity index (χ4n) is 1.85. The maximum Gasteiger partial charge on any atom is 0.243 e. The topological polar surface area (TPSA) is 54.8 Å². The van der Waals surface area contributed by atoms with E-state index >= 15 is 0 Å². The molecule has 0 amide bonds. The van der Waals surface area contributed by atoms with E-state index in [1.54, 1.807) is 0 Å². The average molecular weight is 195 g/mol. The van der Waals surface area contributed by atoms with Crippen LogP contribution in [0.15, 0.2) is 0 Å². The third-order valence-electron chi connectivity index (χ3n) is 2.66. The highest BCUT2D eigenvalue weighted by molar-refractivity contribution is 5.36. The summed E-state index contributed by atoms with van der Waals surface area (Å²) in [4.78, 5) is 4.33. The quantitative estimate of drug-likeness (QED) is 0.747. The van der Waals surface area contributed by atoms with Gasteiger partial charge in [-0.15, -0.1) is 5.10 Å². The first-order valence-electron chi connectivity index (χ1n) is 5.10. The molecule has 0 radical (unpaired) electrons. The van der Waals surface area contributed by atoms with Crippen LogP contribution in [-0.2, 0) is 0 Å². The summed E-state index contributed by atoms with van der Waals surface area (Å²) in [5.74, 6) is 2.18. The van der Waals surface area contributed by atoms with E-state index in [0.717, 1.165) is 18.9 Å². The second-order valence-corrected chi connectivity index (χ2v) is 3.98. The van der Waals surface area contributed by atoms with Gasteiger partial charge in [0.25, 0.3) is 0 Å². The Morgan fingerprint density at radius 1 is 1.57 bits per heavy atom. The van der Waals surface area contributed by atoms with Gasteiger partial charge in [-0.2, -0.15) is 4.98 Å². The summed E-state index contributed by atoms with van der Waals surface area (Å²) < 4.78 is 2.00. The average Bonchev–Trinajstić information content (AvgIpc) is 2.59. The monoisotopic (exact) mass is 195 g/mol. The highest BCUT2D eigenvalue weighted by atomic mass is 15.5. The van der Waals surface area contributed by atoms with Crippen molar-refractivity contribution < 1.29 is 0 Å². The Kier molecular flexibility index (Phi) is 2.31. The molecule has 1 unspecified atom stereocenters. The number of aromatic nitrogens is 3. The third-order valence-corrected chi connectivity index (χ3v) is 2.66. The maximum absolute atomic E-state index is 4.40. The largest absolute Gasteiger partial charge is 0.356 e. The van der Waals surface area contributed by atoms with Gasteiger partial charge in [0.15, 0.2) is 0 Å². The summed E-state index contributed by atoms with van der Waals surface area (Å²) in [5.41, 5.74) is 0. The van der Waals surface area contributed by atoms with Crippen molar-refractivity contribution in [3.8, 4) is 0 Å². The smallest absolute Gasteiger partial charge is 0.243 e. The van der Waals surface area contributed by atoms with Crippen LogP contribution in [0.4, 0.5) is 11.9 Å². The van der Waals surface area contributed by atoms with Crippen LogP contribution in [0, 0.1) is 5.92 Å². The molecule has 14 heavy (non-hydrogen) atoms. The lowest BCUT2D eigenvalue weighted by Crippen LogP contribution is -2.27. The Morgan fingerprint density at radius 2 is 2.36 bits per heavy atom. The number of fused-ring (bicyclic) bond motifs is 1. The molecule has 78 valence electrons. The second-order valence-electron chi connectivity index (χ2n) is 3.98. The van der Waals surface area contributed by atoms with Gasteiger partial charge in [-0.05, 0) is 12.3 Å². The van der Waals surface area contributed by atoms with E-state index in [4.69, 9.17) is 0 Å². The Bertz CT molecular complexity index is 317. The van der Waals surface area contributed by atoms with Gasteiger partial charge in [-0.25, -0.2) is 4.68 Å². The first-order valence-corrected chi connectivity index (χ1v) is 5.10.